The number of benzene rings is 2. The van der Waals surface area contributed by atoms with Crippen LogP contribution in [0.25, 0.3) is 0 Å². The van der Waals surface area contributed by atoms with E-state index in [0.717, 1.165) is 11.8 Å². The van der Waals surface area contributed by atoms with Gasteiger partial charge in [0, 0.05) is 12.3 Å². The number of halogens is 2. The van der Waals surface area contributed by atoms with Crippen molar-refractivity contribution in [1.82, 2.24) is 0 Å². The van der Waals surface area contributed by atoms with Gasteiger partial charge in [-0.2, -0.15) is 0 Å². The SMILES string of the molecule is CC(=O)CC(c1cccc(F)c1)c1cccc(F)c1.CC(C)C.CCC(C)C. The Hall–Kier alpha value is -2.03. The molecule has 0 fully saturated rings. The standard InChI is InChI=1S/C16H14F2O.C5H12.C4H10/c1-11(19)8-16(12-4-2-6-14(17)9-12)13-5-3-7-15(18)10-13;1-4-5(2)3;1-4(2)3/h2-7,9-10,16H,8H2,1H3;5H,4H2,1-3H3;4H,1-3H3. The molecule has 2 aromatic rings. The second-order valence-corrected chi connectivity index (χ2v) is 8.10. The second kappa shape index (κ2) is 14.0. The fourth-order valence-corrected chi connectivity index (χ4v) is 2.16. The molecule has 3 heteroatoms. The van der Waals surface area contributed by atoms with Crippen molar-refractivity contribution in [3.63, 3.8) is 0 Å². The maximum atomic E-state index is 13.3. The predicted molar refractivity (Wildman–Crippen MR) is 116 cm³/mol. The van der Waals surface area contributed by atoms with Crippen molar-refractivity contribution in [1.29, 1.82) is 0 Å². The summed E-state index contributed by atoms with van der Waals surface area (Å²) < 4.78 is 26.6. The zero-order chi connectivity index (χ0) is 21.7. The van der Waals surface area contributed by atoms with Gasteiger partial charge in [0.1, 0.15) is 17.4 Å². The number of hydrogen-bond acceptors (Lipinski definition) is 1. The Bertz CT molecular complexity index is 644. The molecule has 2 rings (SSSR count). The first-order valence-corrected chi connectivity index (χ1v) is 10.1. The molecule has 0 aliphatic heterocycles. The summed E-state index contributed by atoms with van der Waals surface area (Å²) in [6, 6.07) is 12.2. The van der Waals surface area contributed by atoms with Crippen LogP contribution < -0.4 is 0 Å². The van der Waals surface area contributed by atoms with Gasteiger partial charge >= 0.3 is 0 Å². The monoisotopic (exact) mass is 390 g/mol. The lowest BCUT2D eigenvalue weighted by molar-refractivity contribution is -0.117. The first kappa shape index (κ1) is 26.0. The fourth-order valence-electron chi connectivity index (χ4n) is 2.16. The number of rotatable bonds is 5. The van der Waals surface area contributed by atoms with Crippen LogP contribution >= 0.6 is 0 Å². The molecule has 0 bridgehead atoms. The van der Waals surface area contributed by atoms with Crippen molar-refractivity contribution >= 4 is 5.78 Å². The van der Waals surface area contributed by atoms with Crippen LogP contribution in [0.1, 0.15) is 78.4 Å². The number of hydrogen-bond donors (Lipinski definition) is 0. The van der Waals surface area contributed by atoms with Crippen LogP contribution in [0.15, 0.2) is 48.5 Å². The number of Topliss-reactive ketones (excluding diaryl/α,β-unsaturated/α-hetero) is 1. The van der Waals surface area contributed by atoms with Gasteiger partial charge in [-0.25, -0.2) is 8.78 Å². The van der Waals surface area contributed by atoms with Gasteiger partial charge in [-0.3, -0.25) is 4.79 Å². The lowest BCUT2D eigenvalue weighted by Crippen LogP contribution is -2.07. The van der Waals surface area contributed by atoms with E-state index < -0.39 is 0 Å². The number of carbonyl (C=O) groups is 1. The highest BCUT2D eigenvalue weighted by molar-refractivity contribution is 5.77. The zero-order valence-electron chi connectivity index (χ0n) is 18.4. The van der Waals surface area contributed by atoms with E-state index in [1.54, 1.807) is 24.3 Å². The molecule has 0 spiro atoms. The molecule has 0 N–H and O–H groups in total. The first-order valence-electron chi connectivity index (χ1n) is 10.1. The van der Waals surface area contributed by atoms with E-state index in [9.17, 15) is 13.6 Å². The molecule has 0 atom stereocenters. The zero-order valence-corrected chi connectivity index (χ0v) is 18.4. The van der Waals surface area contributed by atoms with Gasteiger partial charge in [0.05, 0.1) is 0 Å². The summed E-state index contributed by atoms with van der Waals surface area (Å²) in [4.78, 5) is 11.4. The molecule has 0 unspecified atom stereocenters. The van der Waals surface area contributed by atoms with Gasteiger partial charge in [0.15, 0.2) is 0 Å². The molecule has 2 aromatic carbocycles. The van der Waals surface area contributed by atoms with E-state index in [0.29, 0.717) is 11.1 Å². The average Bonchev–Trinajstić information content (AvgIpc) is 2.59. The largest absolute Gasteiger partial charge is 0.300 e. The van der Waals surface area contributed by atoms with Crippen LogP contribution in [0, 0.1) is 23.5 Å². The molecule has 156 valence electrons. The van der Waals surface area contributed by atoms with E-state index >= 15 is 0 Å². The Labute approximate surface area is 170 Å². The highest BCUT2D eigenvalue weighted by Gasteiger charge is 2.17. The fraction of sp³-hybridized carbons (Fsp3) is 0.480. The van der Waals surface area contributed by atoms with Crippen LogP contribution in [-0.2, 0) is 4.79 Å². The molecular formula is C25H36F2O. The van der Waals surface area contributed by atoms with Crippen molar-refractivity contribution in [2.24, 2.45) is 11.8 Å². The molecular weight excluding hydrogens is 354 g/mol. The normalized spacial score (nSPS) is 10.3. The topological polar surface area (TPSA) is 17.1 Å². The summed E-state index contributed by atoms with van der Waals surface area (Å²) in [6.07, 6.45) is 1.53. The van der Waals surface area contributed by atoms with E-state index in [1.165, 1.54) is 37.6 Å². The third kappa shape index (κ3) is 12.4. The second-order valence-electron chi connectivity index (χ2n) is 8.10. The summed E-state index contributed by atoms with van der Waals surface area (Å²) >= 11 is 0. The summed E-state index contributed by atoms with van der Waals surface area (Å²) in [5, 5.41) is 0. The minimum absolute atomic E-state index is 0.0153. The molecule has 0 aliphatic rings. The van der Waals surface area contributed by atoms with Crippen LogP contribution in [0.2, 0.25) is 0 Å². The Kier molecular flexibility index (Phi) is 13.0. The molecule has 0 saturated heterocycles. The Balaban J connectivity index is 0.000000681. The van der Waals surface area contributed by atoms with Gasteiger partial charge in [-0.15, -0.1) is 0 Å². The van der Waals surface area contributed by atoms with Gasteiger partial charge in [0.2, 0.25) is 0 Å². The number of carbonyl (C=O) groups excluding carboxylic acids is 1. The van der Waals surface area contributed by atoms with Crippen LogP contribution in [-0.4, -0.2) is 5.78 Å². The first-order chi connectivity index (χ1) is 13.1. The maximum Gasteiger partial charge on any atom is 0.130 e. The van der Waals surface area contributed by atoms with Gasteiger partial charge in [0.25, 0.3) is 0 Å². The third-order valence-corrected chi connectivity index (χ3v) is 3.81. The van der Waals surface area contributed by atoms with Crippen molar-refractivity contribution < 1.29 is 13.6 Å². The molecule has 0 heterocycles. The Morgan fingerprint density at radius 1 is 0.857 bits per heavy atom. The number of ketones is 1. The quantitative estimate of drug-likeness (QED) is 0.509. The lowest BCUT2D eigenvalue weighted by Gasteiger charge is -2.16. The summed E-state index contributed by atoms with van der Waals surface area (Å²) in [5.74, 6) is 0.669. The van der Waals surface area contributed by atoms with Gasteiger partial charge < -0.3 is 0 Å². The van der Waals surface area contributed by atoms with E-state index in [2.05, 4.69) is 41.5 Å². The van der Waals surface area contributed by atoms with Crippen LogP contribution in [0.5, 0.6) is 0 Å². The third-order valence-electron chi connectivity index (χ3n) is 3.81. The smallest absolute Gasteiger partial charge is 0.130 e. The van der Waals surface area contributed by atoms with Gasteiger partial charge in [-0.05, 0) is 54.2 Å². The molecule has 0 amide bonds. The van der Waals surface area contributed by atoms with Crippen molar-refractivity contribution in [2.45, 2.75) is 67.2 Å². The average molecular weight is 391 g/mol. The molecule has 28 heavy (non-hydrogen) atoms. The van der Waals surface area contributed by atoms with Crippen molar-refractivity contribution in [2.75, 3.05) is 0 Å². The van der Waals surface area contributed by atoms with Crippen LogP contribution in [0.3, 0.4) is 0 Å². The molecule has 0 radical (unpaired) electrons. The van der Waals surface area contributed by atoms with Crippen molar-refractivity contribution in [3.8, 4) is 0 Å². The minimum atomic E-state index is -0.359. The lowest BCUT2D eigenvalue weighted by atomic mass is 9.87. The van der Waals surface area contributed by atoms with E-state index in [1.807, 2.05) is 0 Å². The highest BCUT2D eigenvalue weighted by Crippen LogP contribution is 2.29. The summed E-state index contributed by atoms with van der Waals surface area (Å²) in [7, 11) is 0. The molecule has 0 aliphatic carbocycles. The Morgan fingerprint density at radius 3 is 1.46 bits per heavy atom. The highest BCUT2D eigenvalue weighted by atomic mass is 19.1. The molecule has 0 aromatic heterocycles. The van der Waals surface area contributed by atoms with E-state index in [-0.39, 0.29) is 29.8 Å². The Morgan fingerprint density at radius 2 is 1.21 bits per heavy atom. The summed E-state index contributed by atoms with van der Waals surface area (Å²) in [6.45, 7) is 14.6. The van der Waals surface area contributed by atoms with Crippen molar-refractivity contribution in [3.05, 3.63) is 71.3 Å². The van der Waals surface area contributed by atoms with Crippen LogP contribution in [0.4, 0.5) is 8.78 Å². The van der Waals surface area contributed by atoms with Gasteiger partial charge in [-0.1, -0.05) is 72.2 Å². The minimum Gasteiger partial charge on any atom is -0.300 e. The maximum absolute atomic E-state index is 13.3. The molecule has 1 nitrogen and oxygen atoms in total. The van der Waals surface area contributed by atoms with E-state index in [4.69, 9.17) is 0 Å². The molecule has 0 saturated carbocycles. The predicted octanol–water partition coefficient (Wildman–Crippen LogP) is 7.79. The summed E-state index contributed by atoms with van der Waals surface area (Å²) in [5.41, 5.74) is 1.36.